The summed E-state index contributed by atoms with van der Waals surface area (Å²) in [4.78, 5) is 20.2. The van der Waals surface area contributed by atoms with Crippen LogP contribution in [-0.2, 0) is 16.6 Å². The molecule has 6 nitrogen and oxygen atoms in total. The highest BCUT2D eigenvalue weighted by atomic mass is 32.2. The molecule has 0 aliphatic heterocycles. The molecule has 0 spiro atoms. The van der Waals surface area contributed by atoms with Crippen molar-refractivity contribution < 1.29 is 17.6 Å². The van der Waals surface area contributed by atoms with E-state index >= 15 is 0 Å². The number of nitrogens with one attached hydrogen (secondary N) is 1. The Labute approximate surface area is 140 Å². The normalized spacial score (nSPS) is 11.7. The highest BCUT2D eigenvalue weighted by molar-refractivity contribution is 7.88. The van der Waals surface area contributed by atoms with Gasteiger partial charge in [0.1, 0.15) is 11.6 Å². The first-order valence-corrected chi connectivity index (χ1v) is 9.17. The van der Waals surface area contributed by atoms with Crippen LogP contribution >= 0.6 is 0 Å². The van der Waals surface area contributed by atoms with Crippen molar-refractivity contribution in [3.05, 3.63) is 47.2 Å². The lowest BCUT2D eigenvalue weighted by Gasteiger charge is -2.14. The molecule has 0 unspecified atom stereocenters. The highest BCUT2D eigenvalue weighted by Gasteiger charge is 2.18. The summed E-state index contributed by atoms with van der Waals surface area (Å²) >= 11 is 0. The summed E-state index contributed by atoms with van der Waals surface area (Å²) < 4.78 is 38.0. The number of halogens is 1. The van der Waals surface area contributed by atoms with Gasteiger partial charge in [-0.2, -0.15) is 0 Å². The molecular weight excluding hydrogens is 333 g/mol. The van der Waals surface area contributed by atoms with Crippen LogP contribution in [0.15, 0.2) is 24.3 Å². The van der Waals surface area contributed by atoms with Gasteiger partial charge in [0.25, 0.3) is 0 Å². The fourth-order valence-electron chi connectivity index (χ4n) is 2.19. The van der Waals surface area contributed by atoms with Crippen molar-refractivity contribution in [1.29, 1.82) is 0 Å². The topological polar surface area (TPSA) is 89.0 Å². The van der Waals surface area contributed by atoms with E-state index in [1.807, 2.05) is 13.8 Å². The monoisotopic (exact) mass is 351 g/mol. The number of aldehydes is 1. The van der Waals surface area contributed by atoms with E-state index in [-0.39, 0.29) is 18.3 Å². The van der Waals surface area contributed by atoms with Crippen LogP contribution in [0.1, 0.15) is 41.6 Å². The van der Waals surface area contributed by atoms with Crippen molar-refractivity contribution >= 4 is 16.3 Å². The zero-order chi connectivity index (χ0) is 17.9. The lowest BCUT2D eigenvalue weighted by molar-refractivity contribution is 0.112. The molecule has 0 atom stereocenters. The fourth-order valence-corrected chi connectivity index (χ4v) is 2.58. The summed E-state index contributed by atoms with van der Waals surface area (Å²) in [6, 6.07) is 5.58. The van der Waals surface area contributed by atoms with Crippen molar-refractivity contribution in [2.24, 2.45) is 0 Å². The lowest BCUT2D eigenvalue weighted by Crippen LogP contribution is -2.23. The molecule has 2 rings (SSSR count). The maximum atomic E-state index is 13.1. The second kappa shape index (κ2) is 7.14. The van der Waals surface area contributed by atoms with E-state index in [9.17, 15) is 17.6 Å². The van der Waals surface area contributed by atoms with Crippen LogP contribution in [0.2, 0.25) is 0 Å². The average molecular weight is 351 g/mol. The molecule has 24 heavy (non-hydrogen) atoms. The predicted octanol–water partition coefficient (Wildman–Crippen LogP) is 2.27. The van der Waals surface area contributed by atoms with Crippen LogP contribution in [0.3, 0.4) is 0 Å². The second-order valence-electron chi connectivity index (χ2n) is 5.66. The molecule has 0 saturated heterocycles. The standard InChI is InChI=1S/C16H18FN3O3S/c1-10(2)15-13(9-21)16(11-4-6-12(17)7-5-11)20-14(19-15)8-18-24(3,22)23/h4-7,9-10,18H,8H2,1-3H3. The molecule has 0 fully saturated rings. The van der Waals surface area contributed by atoms with E-state index in [1.54, 1.807) is 0 Å². The minimum absolute atomic E-state index is 0.0654. The third-order valence-electron chi connectivity index (χ3n) is 3.30. The third-order valence-corrected chi connectivity index (χ3v) is 3.97. The number of hydrogen-bond donors (Lipinski definition) is 1. The Hall–Kier alpha value is -2.19. The molecular formula is C16H18FN3O3S. The molecule has 0 aliphatic rings. The van der Waals surface area contributed by atoms with Gasteiger partial charge in [0.2, 0.25) is 10.0 Å². The molecule has 1 N–H and O–H groups in total. The first-order valence-electron chi connectivity index (χ1n) is 7.28. The number of rotatable bonds is 6. The van der Waals surface area contributed by atoms with Gasteiger partial charge in [-0.3, -0.25) is 4.79 Å². The molecule has 2 aromatic rings. The number of carbonyl (C=O) groups is 1. The molecule has 1 heterocycles. The Kier molecular flexibility index (Phi) is 5.40. The molecule has 0 amide bonds. The van der Waals surface area contributed by atoms with Gasteiger partial charge in [-0.05, 0) is 30.2 Å². The van der Waals surface area contributed by atoms with Gasteiger partial charge >= 0.3 is 0 Å². The molecule has 1 aromatic carbocycles. The van der Waals surface area contributed by atoms with Crippen LogP contribution in [0.25, 0.3) is 11.3 Å². The molecule has 0 saturated carbocycles. The average Bonchev–Trinajstić information content (AvgIpc) is 2.52. The van der Waals surface area contributed by atoms with E-state index < -0.39 is 15.8 Å². The van der Waals surface area contributed by atoms with E-state index in [0.717, 1.165) is 6.26 Å². The van der Waals surface area contributed by atoms with Gasteiger partial charge in [0.15, 0.2) is 6.29 Å². The third kappa shape index (κ3) is 4.42. The van der Waals surface area contributed by atoms with Gasteiger partial charge in [0.05, 0.1) is 29.8 Å². The SMILES string of the molecule is CC(C)c1nc(CNS(C)(=O)=O)nc(-c2ccc(F)cc2)c1C=O. The molecule has 0 bridgehead atoms. The summed E-state index contributed by atoms with van der Waals surface area (Å²) in [6.45, 7) is 3.65. The lowest BCUT2D eigenvalue weighted by atomic mass is 9.99. The maximum Gasteiger partial charge on any atom is 0.209 e. The summed E-state index contributed by atoms with van der Waals surface area (Å²) in [6.07, 6.45) is 1.71. The van der Waals surface area contributed by atoms with Crippen LogP contribution < -0.4 is 4.72 Å². The van der Waals surface area contributed by atoms with Gasteiger partial charge in [-0.15, -0.1) is 0 Å². The number of aromatic nitrogens is 2. The molecule has 0 radical (unpaired) electrons. The quantitative estimate of drug-likeness (QED) is 0.807. The Bertz CT molecular complexity index is 850. The first kappa shape index (κ1) is 18.2. The summed E-state index contributed by atoms with van der Waals surface area (Å²) in [5.41, 5.74) is 1.75. The Morgan fingerprint density at radius 3 is 2.33 bits per heavy atom. The zero-order valence-electron chi connectivity index (χ0n) is 13.6. The van der Waals surface area contributed by atoms with Crippen LogP contribution in [0.4, 0.5) is 4.39 Å². The van der Waals surface area contributed by atoms with Gasteiger partial charge in [-0.25, -0.2) is 27.5 Å². The summed E-state index contributed by atoms with van der Waals surface area (Å²) in [5, 5.41) is 0. The Morgan fingerprint density at radius 1 is 1.21 bits per heavy atom. The molecule has 128 valence electrons. The molecule has 0 aliphatic carbocycles. The zero-order valence-corrected chi connectivity index (χ0v) is 14.4. The van der Waals surface area contributed by atoms with Gasteiger partial charge < -0.3 is 0 Å². The van der Waals surface area contributed by atoms with Crippen molar-refractivity contribution in [2.45, 2.75) is 26.3 Å². The van der Waals surface area contributed by atoms with E-state index in [2.05, 4.69) is 14.7 Å². The van der Waals surface area contributed by atoms with Crippen LogP contribution in [0.5, 0.6) is 0 Å². The predicted molar refractivity (Wildman–Crippen MR) is 88.6 cm³/mol. The summed E-state index contributed by atoms with van der Waals surface area (Å²) in [5.74, 6) is -0.220. The van der Waals surface area contributed by atoms with Gasteiger partial charge in [-0.1, -0.05) is 13.8 Å². The number of carbonyl (C=O) groups excluding carboxylic acids is 1. The van der Waals surface area contributed by atoms with Gasteiger partial charge in [0, 0.05) is 5.56 Å². The minimum atomic E-state index is -3.40. The van der Waals surface area contributed by atoms with Crippen molar-refractivity contribution in [3.63, 3.8) is 0 Å². The van der Waals surface area contributed by atoms with Crippen molar-refractivity contribution in [1.82, 2.24) is 14.7 Å². The summed E-state index contributed by atoms with van der Waals surface area (Å²) in [7, 11) is -3.40. The molecule has 8 heteroatoms. The Balaban J connectivity index is 2.59. The van der Waals surface area contributed by atoms with E-state index in [1.165, 1.54) is 24.3 Å². The van der Waals surface area contributed by atoms with Crippen molar-refractivity contribution in [2.75, 3.05) is 6.26 Å². The van der Waals surface area contributed by atoms with Crippen molar-refractivity contribution in [3.8, 4) is 11.3 Å². The number of sulfonamides is 1. The minimum Gasteiger partial charge on any atom is -0.298 e. The van der Waals surface area contributed by atoms with E-state index in [4.69, 9.17) is 0 Å². The fraction of sp³-hybridized carbons (Fsp3) is 0.312. The van der Waals surface area contributed by atoms with Crippen LogP contribution in [0, 0.1) is 5.82 Å². The first-order chi connectivity index (χ1) is 11.2. The second-order valence-corrected chi connectivity index (χ2v) is 7.49. The number of benzene rings is 1. The Morgan fingerprint density at radius 2 is 1.83 bits per heavy atom. The molecule has 1 aromatic heterocycles. The van der Waals surface area contributed by atoms with Crippen LogP contribution in [-0.4, -0.2) is 30.9 Å². The smallest absolute Gasteiger partial charge is 0.209 e. The maximum absolute atomic E-state index is 13.1. The largest absolute Gasteiger partial charge is 0.298 e. The number of hydrogen-bond acceptors (Lipinski definition) is 5. The van der Waals surface area contributed by atoms with E-state index in [0.29, 0.717) is 28.8 Å². The highest BCUT2D eigenvalue weighted by Crippen LogP contribution is 2.26. The number of nitrogens with zero attached hydrogens (tertiary/aromatic N) is 2.